The van der Waals surface area contributed by atoms with E-state index in [1.54, 1.807) is 24.3 Å². The fourth-order valence-corrected chi connectivity index (χ4v) is 0.428. The highest BCUT2D eigenvalue weighted by Gasteiger charge is 1.74. The molecule has 0 unspecified atom stereocenters. The lowest BCUT2D eigenvalue weighted by Crippen LogP contribution is -1.56. The Morgan fingerprint density at radius 2 is 1.33 bits per heavy atom. The number of para-hydroxylation sites is 1. The Labute approximate surface area is 54.5 Å². The van der Waals surface area contributed by atoms with E-state index in [0.29, 0.717) is 5.75 Å². The molecule has 0 aromatic heterocycles. The number of hydrogen-bond acceptors (Lipinski definition) is 3. The second-order valence-electron chi connectivity index (χ2n) is 1.34. The average Bonchev–Trinajstić information content (AvgIpc) is 1.69. The van der Waals surface area contributed by atoms with Gasteiger partial charge in [0.05, 0.1) is 0 Å². The van der Waals surface area contributed by atoms with Crippen molar-refractivity contribution < 1.29 is 5.11 Å². The van der Waals surface area contributed by atoms with Crippen molar-refractivity contribution in [2.24, 2.45) is 0 Å². The van der Waals surface area contributed by atoms with Gasteiger partial charge in [-0.2, -0.15) is 0 Å². The van der Waals surface area contributed by atoms with Gasteiger partial charge in [-0.25, -0.2) is 0 Å². The van der Waals surface area contributed by atoms with Gasteiger partial charge in [0, 0.05) is 0 Å². The molecule has 0 radical (unpaired) electrons. The van der Waals surface area contributed by atoms with Crippen LogP contribution in [0, 0.1) is 0 Å². The largest absolute Gasteiger partial charge is 0.508 e. The molecule has 0 bridgehead atoms. The molecule has 0 fully saturated rings. The van der Waals surface area contributed by atoms with E-state index in [1.807, 2.05) is 6.07 Å². The Morgan fingerprint density at radius 3 is 1.56 bits per heavy atom. The summed E-state index contributed by atoms with van der Waals surface area (Å²) in [5.41, 5.74) is 0. The predicted octanol–water partition coefficient (Wildman–Crippen LogP) is 1.72. The number of aromatic hydroxyl groups is 1. The van der Waals surface area contributed by atoms with Crippen LogP contribution in [-0.4, -0.2) is 5.11 Å². The molecule has 3 heteroatoms. The third kappa shape index (κ3) is 3.52. The summed E-state index contributed by atoms with van der Waals surface area (Å²) in [5, 5.41) is 8.63. The summed E-state index contributed by atoms with van der Waals surface area (Å²) < 4.78 is 0. The molecule has 0 aliphatic carbocycles. The van der Waals surface area contributed by atoms with Gasteiger partial charge in [0.15, 0.2) is 0 Å². The van der Waals surface area contributed by atoms with E-state index in [1.165, 1.54) is 0 Å². The van der Waals surface area contributed by atoms with Crippen LogP contribution in [0.4, 0.5) is 0 Å². The number of benzene rings is 1. The van der Waals surface area contributed by atoms with Crippen molar-refractivity contribution in [2.75, 3.05) is 0 Å². The lowest BCUT2D eigenvalue weighted by molar-refractivity contribution is 0.475. The third-order valence-corrected chi connectivity index (χ3v) is 0.756. The van der Waals surface area contributed by atoms with Crippen LogP contribution >= 0.6 is 0 Å². The molecule has 1 aromatic rings. The molecule has 52 valence electrons. The number of hydrogen-bond donors (Lipinski definition) is 3. The van der Waals surface area contributed by atoms with Gasteiger partial charge in [0.25, 0.3) is 0 Å². The number of phenolic OH excluding ortho intramolecular Hbond substituents is 1. The molecule has 0 saturated heterocycles. The zero-order valence-corrected chi connectivity index (χ0v) is 5.25. The molecule has 3 nitrogen and oxygen atoms in total. The zero-order valence-electron chi connectivity index (χ0n) is 5.25. The van der Waals surface area contributed by atoms with Crippen LogP contribution in [-0.2, 0) is 0 Å². The maximum atomic E-state index is 8.63. The van der Waals surface area contributed by atoms with E-state index >= 15 is 0 Å². The van der Waals surface area contributed by atoms with E-state index in [2.05, 4.69) is 0 Å². The van der Waals surface area contributed by atoms with Crippen molar-refractivity contribution in [3.8, 4) is 5.75 Å². The zero-order chi connectivity index (χ0) is 5.11. The molecular weight excluding hydrogens is 116 g/mol. The lowest BCUT2D eigenvalue weighted by atomic mass is 10.3. The molecule has 0 heterocycles. The summed E-state index contributed by atoms with van der Waals surface area (Å²) in [4.78, 5) is 0. The van der Waals surface area contributed by atoms with Crippen molar-refractivity contribution in [3.05, 3.63) is 30.3 Å². The van der Waals surface area contributed by atoms with E-state index in [0.717, 1.165) is 0 Å². The van der Waals surface area contributed by atoms with Crippen molar-refractivity contribution >= 4 is 0 Å². The minimum Gasteiger partial charge on any atom is -0.508 e. The van der Waals surface area contributed by atoms with E-state index in [9.17, 15) is 0 Å². The highest BCUT2D eigenvalue weighted by atomic mass is 16.3. The van der Waals surface area contributed by atoms with Crippen molar-refractivity contribution in [2.45, 2.75) is 0 Å². The fourth-order valence-electron chi connectivity index (χ4n) is 0.428. The Bertz CT molecular complexity index is 141. The Hall–Kier alpha value is -1.06. The number of phenols is 1. The van der Waals surface area contributed by atoms with Gasteiger partial charge in [-0.3, -0.25) is 0 Å². The third-order valence-electron chi connectivity index (χ3n) is 0.756. The average molecular weight is 128 g/mol. The molecule has 0 saturated carbocycles. The molecule has 7 N–H and O–H groups in total. The van der Waals surface area contributed by atoms with Crippen LogP contribution in [0.5, 0.6) is 5.75 Å². The second-order valence-corrected chi connectivity index (χ2v) is 1.34. The molecule has 1 aromatic carbocycles. The normalized spacial score (nSPS) is 6.67. The van der Waals surface area contributed by atoms with Crippen LogP contribution in [0.2, 0.25) is 0 Å². The van der Waals surface area contributed by atoms with Gasteiger partial charge in [-0.1, -0.05) is 18.2 Å². The molecular formula is C6H12N2O. The smallest absolute Gasteiger partial charge is 0.115 e. The van der Waals surface area contributed by atoms with Gasteiger partial charge in [0.1, 0.15) is 5.75 Å². The van der Waals surface area contributed by atoms with Crippen molar-refractivity contribution in [1.29, 1.82) is 0 Å². The molecule has 0 amide bonds. The van der Waals surface area contributed by atoms with Gasteiger partial charge >= 0.3 is 0 Å². The van der Waals surface area contributed by atoms with Crippen molar-refractivity contribution in [3.63, 3.8) is 0 Å². The van der Waals surface area contributed by atoms with Crippen LogP contribution in [0.25, 0.3) is 0 Å². The van der Waals surface area contributed by atoms with E-state index < -0.39 is 0 Å². The van der Waals surface area contributed by atoms with Gasteiger partial charge < -0.3 is 17.4 Å². The monoisotopic (exact) mass is 128 g/mol. The summed E-state index contributed by atoms with van der Waals surface area (Å²) in [5.74, 6) is 0.322. The van der Waals surface area contributed by atoms with E-state index in [-0.39, 0.29) is 12.3 Å². The SMILES string of the molecule is N.N.Oc1ccccc1. The first-order valence-electron chi connectivity index (χ1n) is 2.13. The Balaban J connectivity index is 0. The predicted molar refractivity (Wildman–Crippen MR) is 38.2 cm³/mol. The van der Waals surface area contributed by atoms with Gasteiger partial charge in [0.2, 0.25) is 0 Å². The lowest BCUT2D eigenvalue weighted by Gasteiger charge is -1.82. The van der Waals surface area contributed by atoms with Crippen LogP contribution in [0.15, 0.2) is 30.3 Å². The molecule has 1 rings (SSSR count). The highest BCUT2D eigenvalue weighted by Crippen LogP contribution is 2.02. The summed E-state index contributed by atoms with van der Waals surface area (Å²) in [6.07, 6.45) is 0. The standard InChI is InChI=1S/C6H6O.2H3N/c7-6-4-2-1-3-5-6;;/h1-5,7H;2*1H3. The van der Waals surface area contributed by atoms with Crippen LogP contribution < -0.4 is 12.3 Å². The molecule has 0 spiro atoms. The summed E-state index contributed by atoms with van der Waals surface area (Å²) >= 11 is 0. The first-order valence-corrected chi connectivity index (χ1v) is 2.13. The highest BCUT2D eigenvalue weighted by molar-refractivity contribution is 5.18. The van der Waals surface area contributed by atoms with Gasteiger partial charge in [-0.15, -0.1) is 0 Å². The van der Waals surface area contributed by atoms with E-state index in [4.69, 9.17) is 5.11 Å². The quantitative estimate of drug-likeness (QED) is 0.496. The maximum absolute atomic E-state index is 8.63. The number of rotatable bonds is 0. The maximum Gasteiger partial charge on any atom is 0.115 e. The Kier molecular flexibility index (Phi) is 6.12. The molecule has 0 atom stereocenters. The fraction of sp³-hybridized carbons (Fsp3) is 0. The van der Waals surface area contributed by atoms with Crippen LogP contribution in [0.1, 0.15) is 0 Å². The van der Waals surface area contributed by atoms with Crippen LogP contribution in [0.3, 0.4) is 0 Å². The summed E-state index contributed by atoms with van der Waals surface area (Å²) in [7, 11) is 0. The van der Waals surface area contributed by atoms with Crippen molar-refractivity contribution in [1.82, 2.24) is 12.3 Å². The second kappa shape index (κ2) is 5.08. The first kappa shape index (κ1) is 10.8. The topological polar surface area (TPSA) is 90.2 Å². The Morgan fingerprint density at radius 1 is 0.889 bits per heavy atom. The molecule has 0 aliphatic heterocycles. The minimum absolute atomic E-state index is 0. The van der Waals surface area contributed by atoms with Gasteiger partial charge in [-0.05, 0) is 12.1 Å². The molecule has 9 heavy (non-hydrogen) atoms. The summed E-state index contributed by atoms with van der Waals surface area (Å²) in [6, 6.07) is 8.71. The molecule has 0 aliphatic rings. The first-order chi connectivity index (χ1) is 3.39. The summed E-state index contributed by atoms with van der Waals surface area (Å²) in [6.45, 7) is 0. The minimum atomic E-state index is 0.